The van der Waals surface area contributed by atoms with E-state index in [1.54, 1.807) is 28.6 Å². The number of hydrogen-bond donors (Lipinski definition) is 1. The number of sulfonamides is 1. The van der Waals surface area contributed by atoms with Crippen LogP contribution in [0.5, 0.6) is 0 Å². The molecule has 0 amide bonds. The number of piperidine rings is 1. The molecule has 2 aromatic carbocycles. The van der Waals surface area contributed by atoms with Crippen LogP contribution in [0.3, 0.4) is 0 Å². The molecule has 24 heavy (non-hydrogen) atoms. The molecule has 1 fully saturated rings. The van der Waals surface area contributed by atoms with E-state index in [9.17, 15) is 8.42 Å². The number of nitrogens with zero attached hydrogens (tertiary/aromatic N) is 1. The van der Waals surface area contributed by atoms with Gasteiger partial charge in [0.25, 0.3) is 0 Å². The molecule has 128 valence electrons. The van der Waals surface area contributed by atoms with Crippen LogP contribution in [0.2, 0.25) is 5.02 Å². The molecule has 0 spiro atoms. The predicted octanol–water partition coefficient (Wildman–Crippen LogP) is 4.37. The molecule has 0 radical (unpaired) electrons. The molecule has 2 aromatic rings. The van der Waals surface area contributed by atoms with E-state index in [1.807, 2.05) is 24.3 Å². The maximum atomic E-state index is 12.7. The Morgan fingerprint density at radius 1 is 1.00 bits per heavy atom. The summed E-state index contributed by atoms with van der Waals surface area (Å²) in [6.45, 7) is 1.03. The molecule has 1 heterocycles. The molecule has 0 unspecified atom stereocenters. The van der Waals surface area contributed by atoms with Crippen LogP contribution in [0, 0.1) is 0 Å². The Labute approximate surface area is 156 Å². The van der Waals surface area contributed by atoms with Crippen LogP contribution in [-0.4, -0.2) is 31.9 Å². The van der Waals surface area contributed by atoms with Gasteiger partial charge in [0.05, 0.1) is 4.90 Å². The monoisotopic (exact) mass is 428 g/mol. The van der Waals surface area contributed by atoms with E-state index in [0.717, 1.165) is 23.0 Å². The predicted molar refractivity (Wildman–Crippen MR) is 101 cm³/mol. The first-order valence-corrected chi connectivity index (χ1v) is 10.3. The van der Waals surface area contributed by atoms with Gasteiger partial charge < -0.3 is 5.32 Å². The van der Waals surface area contributed by atoms with Gasteiger partial charge in [0.2, 0.25) is 10.0 Å². The maximum Gasteiger partial charge on any atom is 0.243 e. The lowest BCUT2D eigenvalue weighted by Crippen LogP contribution is -2.42. The molecule has 4 nitrogen and oxygen atoms in total. The van der Waals surface area contributed by atoms with Gasteiger partial charge in [-0.25, -0.2) is 8.42 Å². The standard InChI is InChI=1S/C17H18BrClN2O2S/c18-13-1-5-15(6-2-13)20-16-9-11-21(12-10-16)24(22,23)17-7-3-14(19)4-8-17/h1-8,16,20H,9-12H2. The zero-order chi connectivity index (χ0) is 17.2. The number of hydrogen-bond acceptors (Lipinski definition) is 3. The van der Waals surface area contributed by atoms with Gasteiger partial charge in [-0.3, -0.25) is 0 Å². The normalized spacial score (nSPS) is 16.9. The van der Waals surface area contributed by atoms with Gasteiger partial charge >= 0.3 is 0 Å². The third-order valence-corrected chi connectivity index (χ3v) is 6.81. The highest BCUT2D eigenvalue weighted by atomic mass is 79.9. The van der Waals surface area contributed by atoms with Crippen LogP contribution >= 0.6 is 27.5 Å². The SMILES string of the molecule is O=S(=O)(c1ccc(Cl)cc1)N1CCC(Nc2ccc(Br)cc2)CC1. The van der Waals surface area contributed by atoms with Gasteiger partial charge in [0, 0.05) is 34.3 Å². The second kappa shape index (κ2) is 7.44. The third kappa shape index (κ3) is 4.11. The third-order valence-electron chi connectivity index (χ3n) is 4.12. The first-order chi connectivity index (χ1) is 11.4. The number of nitrogens with one attached hydrogen (secondary N) is 1. The summed E-state index contributed by atoms with van der Waals surface area (Å²) in [5.74, 6) is 0. The molecule has 7 heteroatoms. The lowest BCUT2D eigenvalue weighted by atomic mass is 10.1. The van der Waals surface area contributed by atoms with Crippen molar-refractivity contribution in [1.82, 2.24) is 4.31 Å². The van der Waals surface area contributed by atoms with Crippen LogP contribution in [0.25, 0.3) is 0 Å². The van der Waals surface area contributed by atoms with Crippen LogP contribution < -0.4 is 5.32 Å². The first-order valence-electron chi connectivity index (χ1n) is 7.73. The Balaban J connectivity index is 1.62. The molecule has 1 aliphatic rings. The minimum atomic E-state index is -3.44. The van der Waals surface area contributed by atoms with Crippen molar-refractivity contribution in [3.05, 3.63) is 58.0 Å². The second-order valence-corrected chi connectivity index (χ2v) is 9.07. The Morgan fingerprint density at radius 2 is 1.58 bits per heavy atom. The van der Waals surface area contributed by atoms with Gasteiger partial charge in [-0.2, -0.15) is 4.31 Å². The van der Waals surface area contributed by atoms with Crippen LogP contribution in [-0.2, 0) is 10.0 Å². The lowest BCUT2D eigenvalue weighted by molar-refractivity contribution is 0.330. The first kappa shape index (κ1) is 17.7. The Hall–Kier alpha value is -1.08. The van der Waals surface area contributed by atoms with Crippen molar-refractivity contribution < 1.29 is 8.42 Å². The summed E-state index contributed by atoms with van der Waals surface area (Å²) < 4.78 is 27.9. The fourth-order valence-electron chi connectivity index (χ4n) is 2.78. The van der Waals surface area contributed by atoms with E-state index in [2.05, 4.69) is 21.2 Å². The molecule has 0 saturated carbocycles. The summed E-state index contributed by atoms with van der Waals surface area (Å²) >= 11 is 9.25. The molecule has 0 atom stereocenters. The number of anilines is 1. The van der Waals surface area contributed by atoms with Crippen molar-refractivity contribution in [3.63, 3.8) is 0 Å². The minimum absolute atomic E-state index is 0.280. The van der Waals surface area contributed by atoms with E-state index in [4.69, 9.17) is 11.6 Å². The van der Waals surface area contributed by atoms with Gasteiger partial charge in [0.1, 0.15) is 0 Å². The van der Waals surface area contributed by atoms with Gasteiger partial charge in [-0.15, -0.1) is 0 Å². The molecule has 1 N–H and O–H groups in total. The Kier molecular flexibility index (Phi) is 5.49. The van der Waals surface area contributed by atoms with E-state index in [0.29, 0.717) is 23.0 Å². The molecule has 3 rings (SSSR count). The zero-order valence-corrected chi connectivity index (χ0v) is 16.1. The van der Waals surface area contributed by atoms with Gasteiger partial charge in [0.15, 0.2) is 0 Å². The Morgan fingerprint density at radius 3 is 2.17 bits per heavy atom. The highest BCUT2D eigenvalue weighted by Crippen LogP contribution is 2.24. The van der Waals surface area contributed by atoms with Crippen LogP contribution in [0.1, 0.15) is 12.8 Å². The van der Waals surface area contributed by atoms with Crippen molar-refractivity contribution >= 4 is 43.2 Å². The van der Waals surface area contributed by atoms with Gasteiger partial charge in [-0.05, 0) is 61.4 Å². The number of halogens is 2. The average molecular weight is 430 g/mol. The molecule has 1 aliphatic heterocycles. The second-order valence-electron chi connectivity index (χ2n) is 5.78. The highest BCUT2D eigenvalue weighted by Gasteiger charge is 2.29. The van der Waals surface area contributed by atoms with Crippen molar-refractivity contribution in [2.75, 3.05) is 18.4 Å². The Bertz CT molecular complexity index is 786. The van der Waals surface area contributed by atoms with E-state index in [1.165, 1.54) is 0 Å². The average Bonchev–Trinajstić information content (AvgIpc) is 2.58. The molecule has 0 bridgehead atoms. The smallest absolute Gasteiger partial charge is 0.243 e. The summed E-state index contributed by atoms with van der Waals surface area (Å²) in [5, 5.41) is 4.00. The zero-order valence-electron chi connectivity index (χ0n) is 13.0. The summed E-state index contributed by atoms with van der Waals surface area (Å²) in [4.78, 5) is 0.297. The summed E-state index contributed by atoms with van der Waals surface area (Å²) in [7, 11) is -3.44. The highest BCUT2D eigenvalue weighted by molar-refractivity contribution is 9.10. The van der Waals surface area contributed by atoms with Crippen molar-refractivity contribution in [2.24, 2.45) is 0 Å². The molecule has 1 saturated heterocycles. The lowest BCUT2D eigenvalue weighted by Gasteiger charge is -2.32. The van der Waals surface area contributed by atoms with Crippen LogP contribution in [0.15, 0.2) is 57.9 Å². The molecular weight excluding hydrogens is 412 g/mol. The molecule has 0 aromatic heterocycles. The van der Waals surface area contributed by atoms with Crippen LogP contribution in [0.4, 0.5) is 5.69 Å². The quantitative estimate of drug-likeness (QED) is 0.785. The van der Waals surface area contributed by atoms with E-state index in [-0.39, 0.29) is 6.04 Å². The molecular formula is C17H18BrClN2O2S. The maximum absolute atomic E-state index is 12.7. The summed E-state index contributed by atoms with van der Waals surface area (Å²) in [6.07, 6.45) is 1.56. The van der Waals surface area contributed by atoms with Crippen molar-refractivity contribution in [2.45, 2.75) is 23.8 Å². The van der Waals surface area contributed by atoms with Gasteiger partial charge in [-0.1, -0.05) is 27.5 Å². The van der Waals surface area contributed by atoms with Crippen molar-refractivity contribution in [1.29, 1.82) is 0 Å². The summed E-state index contributed by atoms with van der Waals surface area (Å²) in [5.41, 5.74) is 1.05. The number of benzene rings is 2. The molecule has 0 aliphatic carbocycles. The van der Waals surface area contributed by atoms with E-state index < -0.39 is 10.0 Å². The topological polar surface area (TPSA) is 49.4 Å². The fourth-order valence-corrected chi connectivity index (χ4v) is 4.64. The largest absolute Gasteiger partial charge is 0.382 e. The fraction of sp³-hybridized carbons (Fsp3) is 0.294. The number of rotatable bonds is 4. The minimum Gasteiger partial charge on any atom is -0.382 e. The van der Waals surface area contributed by atoms with E-state index >= 15 is 0 Å². The van der Waals surface area contributed by atoms with Crippen molar-refractivity contribution in [3.8, 4) is 0 Å². The summed E-state index contributed by atoms with van der Waals surface area (Å²) in [6, 6.07) is 14.6.